The van der Waals surface area contributed by atoms with E-state index in [1.54, 1.807) is 6.07 Å². The van der Waals surface area contributed by atoms with Crippen LogP contribution in [0.5, 0.6) is 0 Å². The van der Waals surface area contributed by atoms with Crippen LogP contribution in [0.4, 0.5) is 0 Å². The van der Waals surface area contributed by atoms with E-state index in [9.17, 15) is 9.59 Å². The molecular formula is C13H19N3O2. The molecule has 1 atom stereocenters. The summed E-state index contributed by atoms with van der Waals surface area (Å²) in [5.74, 6) is 0.337. The quantitative estimate of drug-likeness (QED) is 0.817. The van der Waals surface area contributed by atoms with E-state index in [4.69, 9.17) is 0 Å². The maximum Gasteiger partial charge on any atom is 0.251 e. The first kappa shape index (κ1) is 12.8. The van der Waals surface area contributed by atoms with Gasteiger partial charge in [0.15, 0.2) is 0 Å². The van der Waals surface area contributed by atoms with Crippen molar-refractivity contribution in [1.29, 1.82) is 0 Å². The fourth-order valence-corrected chi connectivity index (χ4v) is 2.36. The lowest BCUT2D eigenvalue weighted by Crippen LogP contribution is -2.39. The van der Waals surface area contributed by atoms with Crippen LogP contribution in [0.25, 0.3) is 0 Å². The molecule has 2 heterocycles. The minimum absolute atomic E-state index is 0.172. The molecule has 1 fully saturated rings. The van der Waals surface area contributed by atoms with Gasteiger partial charge in [0.25, 0.3) is 5.91 Å². The fourth-order valence-electron chi connectivity index (χ4n) is 2.36. The Kier molecular flexibility index (Phi) is 4.15. The summed E-state index contributed by atoms with van der Waals surface area (Å²) in [6.07, 6.45) is 3.83. The highest BCUT2D eigenvalue weighted by Gasteiger charge is 2.17. The number of carbonyl (C=O) groups excluding carboxylic acids is 1. The summed E-state index contributed by atoms with van der Waals surface area (Å²) in [5, 5.41) is 2.90. The van der Waals surface area contributed by atoms with Gasteiger partial charge >= 0.3 is 0 Å². The normalized spacial score (nSPS) is 20.6. The maximum absolute atomic E-state index is 11.8. The Morgan fingerprint density at radius 2 is 2.44 bits per heavy atom. The lowest BCUT2D eigenvalue weighted by atomic mass is 9.98. The number of hydrogen-bond acceptors (Lipinski definition) is 3. The third-order valence-electron chi connectivity index (χ3n) is 3.31. The summed E-state index contributed by atoms with van der Waals surface area (Å²) in [6.45, 7) is 2.84. The summed E-state index contributed by atoms with van der Waals surface area (Å²) in [4.78, 5) is 27.7. The number of pyridine rings is 1. The van der Waals surface area contributed by atoms with Crippen molar-refractivity contribution in [3.05, 3.63) is 34.2 Å². The smallest absolute Gasteiger partial charge is 0.251 e. The molecule has 1 amide bonds. The number of piperidine rings is 1. The lowest BCUT2D eigenvalue weighted by molar-refractivity contribution is 0.0936. The highest BCUT2D eigenvalue weighted by molar-refractivity contribution is 5.93. The number of nitrogens with zero attached hydrogens (tertiary/aromatic N) is 1. The number of H-pyrrole nitrogens is 1. The van der Waals surface area contributed by atoms with Gasteiger partial charge in [-0.2, -0.15) is 0 Å². The van der Waals surface area contributed by atoms with Crippen LogP contribution in [0.2, 0.25) is 0 Å². The van der Waals surface area contributed by atoms with Gasteiger partial charge in [-0.15, -0.1) is 0 Å². The van der Waals surface area contributed by atoms with Crippen molar-refractivity contribution in [2.45, 2.75) is 12.8 Å². The van der Waals surface area contributed by atoms with Crippen LogP contribution in [0.15, 0.2) is 23.1 Å². The van der Waals surface area contributed by atoms with Crippen LogP contribution in [0, 0.1) is 5.92 Å². The molecule has 2 rings (SSSR count). The van der Waals surface area contributed by atoms with Gasteiger partial charge in [-0.1, -0.05) is 0 Å². The van der Waals surface area contributed by atoms with Crippen LogP contribution >= 0.6 is 0 Å². The monoisotopic (exact) mass is 249 g/mol. The van der Waals surface area contributed by atoms with E-state index in [1.807, 2.05) is 0 Å². The van der Waals surface area contributed by atoms with E-state index in [0.29, 0.717) is 18.0 Å². The second-order valence-corrected chi connectivity index (χ2v) is 4.92. The highest BCUT2D eigenvalue weighted by Crippen LogP contribution is 2.13. The van der Waals surface area contributed by atoms with Gasteiger partial charge in [0.2, 0.25) is 5.56 Å². The van der Waals surface area contributed by atoms with Gasteiger partial charge in [-0.25, -0.2) is 0 Å². The average Bonchev–Trinajstić information content (AvgIpc) is 2.36. The minimum atomic E-state index is -0.250. The molecule has 1 saturated heterocycles. The topological polar surface area (TPSA) is 65.2 Å². The molecule has 1 unspecified atom stereocenters. The van der Waals surface area contributed by atoms with Crippen molar-refractivity contribution in [1.82, 2.24) is 15.2 Å². The van der Waals surface area contributed by atoms with Gasteiger partial charge in [0, 0.05) is 30.9 Å². The molecule has 98 valence electrons. The van der Waals surface area contributed by atoms with E-state index < -0.39 is 0 Å². The molecule has 0 bridgehead atoms. The van der Waals surface area contributed by atoms with E-state index in [1.165, 1.54) is 18.7 Å². The number of hydrogen-bond donors (Lipinski definition) is 2. The number of nitrogens with one attached hydrogen (secondary N) is 2. The zero-order chi connectivity index (χ0) is 13.0. The molecule has 1 aromatic rings. The molecule has 0 radical (unpaired) electrons. The Balaban J connectivity index is 1.86. The van der Waals surface area contributed by atoms with Gasteiger partial charge < -0.3 is 15.2 Å². The zero-order valence-corrected chi connectivity index (χ0v) is 10.6. The first-order valence-electron chi connectivity index (χ1n) is 6.30. The van der Waals surface area contributed by atoms with Gasteiger partial charge in [-0.05, 0) is 38.4 Å². The first-order valence-corrected chi connectivity index (χ1v) is 6.30. The molecule has 0 saturated carbocycles. The second kappa shape index (κ2) is 5.82. The number of likely N-dealkylation sites (tertiary alicyclic amines) is 1. The third kappa shape index (κ3) is 3.43. The molecule has 1 aromatic heterocycles. The number of aromatic amines is 1. The standard InChI is InChI=1S/C13H19N3O2/c1-16-6-2-3-10(9-16)8-15-13(18)11-4-5-14-12(17)7-11/h4-5,7,10H,2-3,6,8-9H2,1H3,(H,14,17)(H,15,18). The predicted molar refractivity (Wildman–Crippen MR) is 69.6 cm³/mol. The SMILES string of the molecule is CN1CCCC(CNC(=O)c2cc[nH]c(=O)c2)C1. The number of amides is 1. The van der Waals surface area contributed by atoms with Crippen molar-refractivity contribution in [2.75, 3.05) is 26.7 Å². The molecule has 1 aliphatic rings. The summed E-state index contributed by atoms with van der Waals surface area (Å²) < 4.78 is 0. The largest absolute Gasteiger partial charge is 0.352 e. The Hall–Kier alpha value is -1.62. The van der Waals surface area contributed by atoms with Crippen molar-refractivity contribution < 1.29 is 4.79 Å². The molecular weight excluding hydrogens is 230 g/mol. The number of carbonyl (C=O) groups is 1. The summed E-state index contributed by atoms with van der Waals surface area (Å²) in [7, 11) is 2.10. The number of rotatable bonds is 3. The highest BCUT2D eigenvalue weighted by atomic mass is 16.2. The van der Waals surface area contributed by atoms with E-state index in [0.717, 1.165) is 19.5 Å². The van der Waals surface area contributed by atoms with Crippen LogP contribution in [0.1, 0.15) is 23.2 Å². The molecule has 0 spiro atoms. The van der Waals surface area contributed by atoms with Gasteiger partial charge in [0.1, 0.15) is 0 Å². The lowest BCUT2D eigenvalue weighted by Gasteiger charge is -2.29. The van der Waals surface area contributed by atoms with Gasteiger partial charge in [-0.3, -0.25) is 9.59 Å². The summed E-state index contributed by atoms with van der Waals surface area (Å²) in [6, 6.07) is 2.94. The van der Waals surface area contributed by atoms with Crippen LogP contribution < -0.4 is 10.9 Å². The summed E-state index contributed by atoms with van der Waals surface area (Å²) >= 11 is 0. The maximum atomic E-state index is 11.8. The van der Waals surface area contributed by atoms with Crippen molar-refractivity contribution in [3.63, 3.8) is 0 Å². The molecule has 5 heteroatoms. The Bertz CT molecular complexity index is 469. The zero-order valence-electron chi connectivity index (χ0n) is 10.6. The fraction of sp³-hybridized carbons (Fsp3) is 0.538. The Morgan fingerprint density at radius 1 is 1.61 bits per heavy atom. The minimum Gasteiger partial charge on any atom is -0.352 e. The number of aromatic nitrogens is 1. The molecule has 0 aromatic carbocycles. The van der Waals surface area contributed by atoms with E-state index in [-0.39, 0.29) is 11.5 Å². The van der Waals surface area contributed by atoms with Crippen molar-refractivity contribution >= 4 is 5.91 Å². The molecule has 0 aliphatic carbocycles. The van der Waals surface area contributed by atoms with Crippen molar-refractivity contribution in [2.24, 2.45) is 5.92 Å². The van der Waals surface area contributed by atoms with E-state index in [2.05, 4.69) is 22.2 Å². The molecule has 18 heavy (non-hydrogen) atoms. The predicted octanol–water partition coefficient (Wildman–Crippen LogP) is 0.446. The molecule has 5 nitrogen and oxygen atoms in total. The van der Waals surface area contributed by atoms with E-state index >= 15 is 0 Å². The second-order valence-electron chi connectivity index (χ2n) is 4.92. The Labute approximate surface area is 106 Å². The van der Waals surface area contributed by atoms with Crippen molar-refractivity contribution in [3.8, 4) is 0 Å². The summed E-state index contributed by atoms with van der Waals surface area (Å²) in [5.41, 5.74) is 0.169. The van der Waals surface area contributed by atoms with Crippen LogP contribution in [0.3, 0.4) is 0 Å². The molecule has 2 N–H and O–H groups in total. The Morgan fingerprint density at radius 3 is 3.17 bits per heavy atom. The van der Waals surface area contributed by atoms with Crippen LogP contribution in [-0.4, -0.2) is 42.5 Å². The average molecular weight is 249 g/mol. The van der Waals surface area contributed by atoms with Gasteiger partial charge in [0.05, 0.1) is 0 Å². The molecule has 1 aliphatic heterocycles. The van der Waals surface area contributed by atoms with Crippen LogP contribution in [-0.2, 0) is 0 Å². The first-order chi connectivity index (χ1) is 8.65. The third-order valence-corrected chi connectivity index (χ3v) is 3.31.